The Hall–Kier alpha value is -5.85. The highest BCUT2D eigenvalue weighted by molar-refractivity contribution is 5.94. The van der Waals surface area contributed by atoms with Crippen LogP contribution in [-0.4, -0.2) is 89.5 Å². The Bertz CT molecular complexity index is 2000. The molecule has 1 saturated carbocycles. The average Bonchev–Trinajstić information content (AvgIpc) is 3.85. The first kappa shape index (κ1) is 36.5. The number of methoxy groups -OCH3 is 1. The Morgan fingerprint density at radius 3 is 2.54 bits per heavy atom. The van der Waals surface area contributed by atoms with Gasteiger partial charge < -0.3 is 39.6 Å². The van der Waals surface area contributed by atoms with Gasteiger partial charge in [0.05, 0.1) is 31.5 Å². The number of hydrogen-bond acceptors (Lipinski definition) is 9. The van der Waals surface area contributed by atoms with Crippen LogP contribution in [0.5, 0.6) is 17.2 Å². The van der Waals surface area contributed by atoms with Gasteiger partial charge in [-0.15, -0.1) is 0 Å². The molecule has 4 aromatic rings. The van der Waals surface area contributed by atoms with Crippen molar-refractivity contribution in [3.05, 3.63) is 84.4 Å². The Kier molecular flexibility index (Phi) is 11.1. The van der Waals surface area contributed by atoms with Gasteiger partial charge in [0.15, 0.2) is 0 Å². The van der Waals surface area contributed by atoms with Gasteiger partial charge in [-0.05, 0) is 68.4 Å². The van der Waals surface area contributed by atoms with E-state index in [-0.39, 0.29) is 38.5 Å². The van der Waals surface area contributed by atoms with Gasteiger partial charge in [0.1, 0.15) is 47.6 Å². The largest absolute Gasteiger partial charge is 0.497 e. The molecule has 3 aliphatic rings. The molecule has 2 aliphatic heterocycles. The minimum absolute atomic E-state index is 0.00565. The zero-order valence-electron chi connectivity index (χ0n) is 30.1. The topological polar surface area (TPSA) is 166 Å². The molecule has 3 amide bonds. The number of alkyl carbamates (subject to hydrolysis) is 1. The van der Waals surface area contributed by atoms with Crippen molar-refractivity contribution in [3.8, 4) is 28.5 Å². The molecule has 3 aromatic carbocycles. The average molecular weight is 737 g/mol. The van der Waals surface area contributed by atoms with Crippen molar-refractivity contribution < 1.29 is 43.2 Å². The summed E-state index contributed by atoms with van der Waals surface area (Å²) < 4.78 is 23.7. The zero-order chi connectivity index (χ0) is 37.6. The molecular formula is C41H44N4O9. The summed E-state index contributed by atoms with van der Waals surface area (Å²) in [6.45, 7) is 0.216. The monoisotopic (exact) mass is 736 g/mol. The second kappa shape index (κ2) is 16.4. The van der Waals surface area contributed by atoms with Crippen molar-refractivity contribution in [1.82, 2.24) is 20.5 Å². The number of nitrogens with zero attached hydrogens (tertiary/aromatic N) is 2. The van der Waals surface area contributed by atoms with Crippen molar-refractivity contribution in [2.24, 2.45) is 0 Å². The summed E-state index contributed by atoms with van der Waals surface area (Å²) in [7, 11) is 1.58. The number of nitrogens with one attached hydrogen (secondary N) is 2. The third-order valence-corrected chi connectivity index (χ3v) is 10.2. The van der Waals surface area contributed by atoms with E-state index in [9.17, 15) is 24.3 Å². The van der Waals surface area contributed by atoms with Crippen LogP contribution in [0, 0.1) is 0 Å². The SMILES string of the molecule is COc1ccc2c(O[C@@H]3C[C@H]4C(=O)N[C@@H](C(=O)O)CCCOc5cccc(c5)C[C@@H](NC(=O)OC5CCCC5)C(=O)N4C3)cc(-c3ccccc3)nc2c1. The molecule has 0 spiro atoms. The summed E-state index contributed by atoms with van der Waals surface area (Å²) in [6, 6.07) is 20.7. The minimum Gasteiger partial charge on any atom is -0.497 e. The van der Waals surface area contributed by atoms with Crippen molar-refractivity contribution in [2.75, 3.05) is 20.3 Å². The maximum Gasteiger partial charge on any atom is 0.408 e. The maximum absolute atomic E-state index is 14.7. The number of fused-ring (bicyclic) bond motifs is 4. The number of aliphatic carboxylic acids is 1. The summed E-state index contributed by atoms with van der Waals surface area (Å²) in [5, 5.41) is 16.2. The lowest BCUT2D eigenvalue weighted by molar-refractivity contribution is -0.144. The molecule has 3 heterocycles. The van der Waals surface area contributed by atoms with E-state index in [1.807, 2.05) is 60.7 Å². The number of hydrogen-bond donors (Lipinski definition) is 3. The van der Waals surface area contributed by atoms with E-state index in [4.69, 9.17) is 23.9 Å². The Labute approximate surface area is 312 Å². The lowest BCUT2D eigenvalue weighted by atomic mass is 10.0. The predicted octanol–water partition coefficient (Wildman–Crippen LogP) is 5.28. The summed E-state index contributed by atoms with van der Waals surface area (Å²) in [5.74, 6) is -0.679. The fourth-order valence-corrected chi connectivity index (χ4v) is 7.45. The number of pyridine rings is 1. The van der Waals surface area contributed by atoms with Crippen LogP contribution in [0.1, 0.15) is 50.5 Å². The number of rotatable bonds is 7. The summed E-state index contributed by atoms with van der Waals surface area (Å²) in [4.78, 5) is 60.5. The number of carboxylic acid groups (broad SMARTS) is 1. The summed E-state index contributed by atoms with van der Waals surface area (Å²) in [5.41, 5.74) is 2.89. The smallest absolute Gasteiger partial charge is 0.408 e. The quantitative estimate of drug-likeness (QED) is 0.227. The number of aromatic nitrogens is 1. The second-order valence-electron chi connectivity index (χ2n) is 14.0. The summed E-state index contributed by atoms with van der Waals surface area (Å²) in [6.07, 6.45) is 2.47. The number of benzene rings is 3. The van der Waals surface area contributed by atoms with Gasteiger partial charge in [0, 0.05) is 35.9 Å². The van der Waals surface area contributed by atoms with E-state index in [1.165, 1.54) is 4.90 Å². The third-order valence-electron chi connectivity index (χ3n) is 10.2. The van der Waals surface area contributed by atoms with Crippen LogP contribution in [0.2, 0.25) is 0 Å². The maximum atomic E-state index is 14.7. The lowest BCUT2D eigenvalue weighted by Crippen LogP contribution is -2.56. The van der Waals surface area contributed by atoms with E-state index in [2.05, 4.69) is 10.6 Å². The van der Waals surface area contributed by atoms with Gasteiger partial charge in [-0.3, -0.25) is 9.59 Å². The molecule has 3 N–H and O–H groups in total. The second-order valence-corrected chi connectivity index (χ2v) is 14.0. The third kappa shape index (κ3) is 8.51. The van der Waals surface area contributed by atoms with Crippen molar-refractivity contribution >= 4 is 34.8 Å². The van der Waals surface area contributed by atoms with Crippen LogP contribution in [0.15, 0.2) is 78.9 Å². The first-order valence-corrected chi connectivity index (χ1v) is 18.5. The van der Waals surface area contributed by atoms with Crippen LogP contribution in [-0.2, 0) is 25.5 Å². The van der Waals surface area contributed by atoms with E-state index < -0.39 is 48.1 Å². The van der Waals surface area contributed by atoms with Crippen molar-refractivity contribution in [2.45, 2.75) is 81.7 Å². The predicted molar refractivity (Wildman–Crippen MR) is 198 cm³/mol. The fourth-order valence-electron chi connectivity index (χ4n) is 7.45. The van der Waals surface area contributed by atoms with Gasteiger partial charge in [-0.1, -0.05) is 42.5 Å². The molecule has 0 unspecified atom stereocenters. The van der Waals surface area contributed by atoms with Gasteiger partial charge in [0.2, 0.25) is 11.8 Å². The Morgan fingerprint density at radius 1 is 0.944 bits per heavy atom. The van der Waals surface area contributed by atoms with Crippen LogP contribution < -0.4 is 24.8 Å². The van der Waals surface area contributed by atoms with Crippen LogP contribution in [0.4, 0.5) is 4.79 Å². The molecule has 2 bridgehead atoms. The molecule has 54 heavy (non-hydrogen) atoms. The molecule has 1 saturated heterocycles. The number of amides is 3. The normalized spacial score (nSPS) is 22.3. The number of carbonyl (C=O) groups excluding carboxylic acids is 3. The lowest BCUT2D eigenvalue weighted by Gasteiger charge is -2.29. The molecule has 2 fully saturated rings. The van der Waals surface area contributed by atoms with Gasteiger partial charge in [-0.25, -0.2) is 14.6 Å². The Morgan fingerprint density at radius 2 is 1.76 bits per heavy atom. The number of carboxylic acids is 1. The number of carbonyl (C=O) groups is 4. The highest BCUT2D eigenvalue weighted by Crippen LogP contribution is 2.35. The molecule has 0 radical (unpaired) electrons. The van der Waals surface area contributed by atoms with E-state index >= 15 is 0 Å². The van der Waals surface area contributed by atoms with Gasteiger partial charge >= 0.3 is 12.1 Å². The molecule has 13 nitrogen and oxygen atoms in total. The highest BCUT2D eigenvalue weighted by Gasteiger charge is 2.44. The van der Waals surface area contributed by atoms with Crippen LogP contribution >= 0.6 is 0 Å². The van der Waals surface area contributed by atoms with Crippen LogP contribution in [0.25, 0.3) is 22.2 Å². The first-order valence-electron chi connectivity index (χ1n) is 18.5. The molecule has 7 rings (SSSR count). The number of ether oxygens (including phenoxy) is 4. The zero-order valence-corrected chi connectivity index (χ0v) is 30.1. The molecule has 282 valence electrons. The first-order chi connectivity index (χ1) is 26.2. The Balaban J connectivity index is 1.23. The molecule has 4 atom stereocenters. The van der Waals surface area contributed by atoms with Gasteiger partial charge in [0.25, 0.3) is 0 Å². The molecular weight excluding hydrogens is 692 g/mol. The standard InChI is InChI=1S/C41H44N4O9/c1-51-28-16-17-31-34(21-28)42-33(26-10-3-2-4-11-26)23-37(31)53-30-22-36-38(46)43-32(40(48)49)15-8-18-52-29-14-7-9-25(19-29)20-35(39(47)45(36)24-30)44-41(50)54-27-12-5-6-13-27/h2-4,7,9-11,14,16-17,19,21,23,27,30,32,35-36H,5-6,8,12-13,15,18,20,22,24H2,1H3,(H,43,46)(H,44,50)(H,48,49)/t30-,32-,35-,36+/m1/s1. The van der Waals surface area contributed by atoms with E-state index in [1.54, 1.807) is 25.3 Å². The van der Waals surface area contributed by atoms with E-state index in [0.29, 0.717) is 40.3 Å². The molecule has 13 heteroatoms. The molecule has 1 aromatic heterocycles. The van der Waals surface area contributed by atoms with Crippen molar-refractivity contribution in [3.63, 3.8) is 0 Å². The molecule has 1 aliphatic carbocycles. The van der Waals surface area contributed by atoms with Crippen LogP contribution in [0.3, 0.4) is 0 Å². The minimum atomic E-state index is -1.21. The summed E-state index contributed by atoms with van der Waals surface area (Å²) >= 11 is 0. The van der Waals surface area contributed by atoms with Crippen molar-refractivity contribution in [1.29, 1.82) is 0 Å². The highest BCUT2D eigenvalue weighted by atomic mass is 16.6. The fraction of sp³-hybridized carbons (Fsp3) is 0.390. The van der Waals surface area contributed by atoms with Gasteiger partial charge in [-0.2, -0.15) is 0 Å². The van der Waals surface area contributed by atoms with E-state index in [0.717, 1.165) is 36.8 Å².